The van der Waals surface area contributed by atoms with Crippen molar-refractivity contribution in [1.29, 1.82) is 0 Å². The molecular weight excluding hydrogens is 679 g/mol. The van der Waals surface area contributed by atoms with Crippen LogP contribution in [0.5, 0.6) is 0 Å². The minimum atomic E-state index is -0.877. The normalized spacial score (nSPS) is 13.3. The molecule has 0 amide bonds. The smallest absolute Gasteiger partial charge is 0.362 e. The molecule has 54 heavy (non-hydrogen) atoms. The van der Waals surface area contributed by atoms with Crippen LogP contribution in [0.15, 0.2) is 36.5 Å². The number of aliphatic carboxylic acids is 1. The summed E-state index contributed by atoms with van der Waals surface area (Å²) in [6.45, 7) is 4.60. The van der Waals surface area contributed by atoms with E-state index < -0.39 is 18.1 Å². The number of nitrogens with zero attached hydrogens (tertiary/aromatic N) is 1. The van der Waals surface area contributed by atoms with E-state index in [1.165, 1.54) is 96.3 Å². The van der Waals surface area contributed by atoms with E-state index in [4.69, 9.17) is 14.2 Å². The van der Waals surface area contributed by atoms with Gasteiger partial charge < -0.3 is 23.8 Å². The number of ether oxygens (including phenoxy) is 3. The number of hydrogen-bond donors (Lipinski definition) is 1. The minimum absolute atomic E-state index is 0.0532. The molecule has 0 aliphatic rings. The summed E-state index contributed by atoms with van der Waals surface area (Å²) in [6, 6.07) is -0.615. The Balaban J connectivity index is 4.34. The van der Waals surface area contributed by atoms with Crippen LogP contribution in [0, 0.1) is 0 Å². The third kappa shape index (κ3) is 35.3. The monoisotopic (exact) mass is 763 g/mol. The number of allylic oxidation sites excluding steroid dienone is 6. The fraction of sp³-hybridized carbons (Fsp3) is 0.804. The minimum Gasteiger partial charge on any atom is -0.477 e. The van der Waals surface area contributed by atoms with Crippen LogP contribution in [-0.2, 0) is 28.6 Å². The number of carbonyl (C=O) groups is 3. The molecular formula is C46H84NO7+. The van der Waals surface area contributed by atoms with Crippen molar-refractivity contribution in [3.63, 3.8) is 0 Å². The van der Waals surface area contributed by atoms with Gasteiger partial charge in [0.05, 0.1) is 34.4 Å². The van der Waals surface area contributed by atoms with E-state index in [-0.39, 0.29) is 36.2 Å². The number of unbranched alkanes of at least 4 members (excludes halogenated alkanes) is 21. The highest BCUT2D eigenvalue weighted by Crippen LogP contribution is 2.15. The van der Waals surface area contributed by atoms with Gasteiger partial charge in [-0.3, -0.25) is 9.59 Å². The molecule has 0 bridgehead atoms. The number of likely N-dealkylation sites (N-methyl/N-ethyl adjacent to an activating group) is 1. The molecule has 0 aliphatic heterocycles. The lowest BCUT2D eigenvalue weighted by atomic mass is 10.0. The number of quaternary nitrogens is 1. The van der Waals surface area contributed by atoms with Gasteiger partial charge in [-0.1, -0.05) is 172 Å². The zero-order valence-electron chi connectivity index (χ0n) is 35.7. The van der Waals surface area contributed by atoms with Gasteiger partial charge in [0.1, 0.15) is 6.61 Å². The van der Waals surface area contributed by atoms with Gasteiger partial charge in [0.2, 0.25) is 0 Å². The maximum Gasteiger partial charge on any atom is 0.362 e. The van der Waals surface area contributed by atoms with Crippen molar-refractivity contribution in [3.05, 3.63) is 36.5 Å². The summed E-state index contributed by atoms with van der Waals surface area (Å²) < 4.78 is 17.3. The molecule has 2 unspecified atom stereocenters. The Morgan fingerprint density at radius 2 is 1.04 bits per heavy atom. The second-order valence-electron chi connectivity index (χ2n) is 16.0. The molecule has 314 valence electrons. The van der Waals surface area contributed by atoms with Crippen LogP contribution in [0.4, 0.5) is 0 Å². The maximum absolute atomic E-state index is 12.7. The summed E-state index contributed by atoms with van der Waals surface area (Å²) in [5.74, 6) is -1.48. The van der Waals surface area contributed by atoms with Crippen molar-refractivity contribution in [2.24, 2.45) is 0 Å². The molecule has 0 rings (SSSR count). The van der Waals surface area contributed by atoms with Gasteiger partial charge in [-0.25, -0.2) is 4.79 Å². The first-order chi connectivity index (χ1) is 26.1. The number of carboxylic acids is 1. The number of hydrogen-bond acceptors (Lipinski definition) is 6. The van der Waals surface area contributed by atoms with E-state index in [1.807, 2.05) is 21.1 Å². The third-order valence-corrected chi connectivity index (χ3v) is 9.87. The highest BCUT2D eigenvalue weighted by molar-refractivity contribution is 5.72. The first-order valence-electron chi connectivity index (χ1n) is 22.1. The molecule has 8 nitrogen and oxygen atoms in total. The number of rotatable bonds is 39. The highest BCUT2D eigenvalue weighted by atomic mass is 16.6. The van der Waals surface area contributed by atoms with Crippen molar-refractivity contribution in [2.75, 3.05) is 41.0 Å². The van der Waals surface area contributed by atoms with Gasteiger partial charge in [-0.05, 0) is 32.1 Å². The third-order valence-electron chi connectivity index (χ3n) is 9.87. The zero-order chi connectivity index (χ0) is 40.0. The Morgan fingerprint density at radius 1 is 0.574 bits per heavy atom. The van der Waals surface area contributed by atoms with Gasteiger partial charge in [0, 0.05) is 19.3 Å². The molecule has 0 heterocycles. The second kappa shape index (κ2) is 37.5. The van der Waals surface area contributed by atoms with Crippen molar-refractivity contribution in [1.82, 2.24) is 0 Å². The lowest BCUT2D eigenvalue weighted by Gasteiger charge is -2.31. The summed E-state index contributed by atoms with van der Waals surface area (Å²) in [4.78, 5) is 37.0. The quantitative estimate of drug-likeness (QED) is 0.0288. The second-order valence-corrected chi connectivity index (χ2v) is 16.0. The number of esters is 2. The van der Waals surface area contributed by atoms with Crippen molar-refractivity contribution in [3.8, 4) is 0 Å². The maximum atomic E-state index is 12.7. The van der Waals surface area contributed by atoms with Gasteiger partial charge >= 0.3 is 17.9 Å². The SMILES string of the molecule is CC/C=C/C=C/C=C/CCCCCCCCCC(=O)OC(COCCC(C(=O)O)[N+](C)(C)C)COC(=O)CCCCCCCCCCCCCCCCC. The van der Waals surface area contributed by atoms with E-state index >= 15 is 0 Å². The van der Waals surface area contributed by atoms with Crippen LogP contribution in [0.2, 0.25) is 0 Å². The number of carbonyl (C=O) groups excluding carboxylic acids is 2. The number of carboxylic acid groups (broad SMARTS) is 1. The Bertz CT molecular complexity index is 984. The Labute approximate surface area is 332 Å². The summed E-state index contributed by atoms with van der Waals surface area (Å²) in [7, 11) is 5.52. The van der Waals surface area contributed by atoms with E-state index in [1.54, 1.807) is 0 Å². The predicted octanol–water partition coefficient (Wildman–Crippen LogP) is 11.9. The van der Waals surface area contributed by atoms with Crippen LogP contribution in [-0.4, -0.2) is 80.6 Å². The molecule has 0 aromatic carbocycles. The molecule has 0 aromatic heterocycles. The van der Waals surface area contributed by atoms with Crippen LogP contribution in [0.3, 0.4) is 0 Å². The highest BCUT2D eigenvalue weighted by Gasteiger charge is 2.31. The molecule has 0 saturated heterocycles. The molecule has 1 N–H and O–H groups in total. The summed E-state index contributed by atoms with van der Waals surface area (Å²) >= 11 is 0. The molecule has 0 aliphatic carbocycles. The molecule has 0 aromatic rings. The largest absolute Gasteiger partial charge is 0.477 e. The van der Waals surface area contributed by atoms with E-state index in [0.717, 1.165) is 57.8 Å². The Kier molecular flexibility index (Phi) is 35.8. The summed E-state index contributed by atoms with van der Waals surface area (Å²) in [5, 5.41) is 9.61. The van der Waals surface area contributed by atoms with Crippen molar-refractivity contribution < 1.29 is 38.2 Å². The van der Waals surface area contributed by atoms with E-state index in [2.05, 4.69) is 50.3 Å². The van der Waals surface area contributed by atoms with Crippen LogP contribution in [0.1, 0.15) is 187 Å². The van der Waals surface area contributed by atoms with Crippen molar-refractivity contribution >= 4 is 17.9 Å². The fourth-order valence-electron chi connectivity index (χ4n) is 6.44. The fourth-order valence-corrected chi connectivity index (χ4v) is 6.44. The van der Waals surface area contributed by atoms with Gasteiger partial charge in [-0.2, -0.15) is 0 Å². The summed E-state index contributed by atoms with van der Waals surface area (Å²) in [6.07, 6.45) is 41.8. The first-order valence-corrected chi connectivity index (χ1v) is 22.1. The molecule has 0 radical (unpaired) electrons. The van der Waals surface area contributed by atoms with Crippen LogP contribution < -0.4 is 0 Å². The van der Waals surface area contributed by atoms with Gasteiger partial charge in [0.15, 0.2) is 12.1 Å². The molecule has 0 spiro atoms. The average molecular weight is 763 g/mol. The molecule has 0 saturated carbocycles. The topological polar surface area (TPSA) is 99.1 Å². The predicted molar refractivity (Wildman–Crippen MR) is 225 cm³/mol. The summed E-state index contributed by atoms with van der Waals surface area (Å²) in [5.41, 5.74) is 0. The van der Waals surface area contributed by atoms with E-state index in [0.29, 0.717) is 19.3 Å². The lowest BCUT2D eigenvalue weighted by molar-refractivity contribution is -0.887. The van der Waals surface area contributed by atoms with Crippen LogP contribution in [0.25, 0.3) is 0 Å². The molecule has 0 fully saturated rings. The Morgan fingerprint density at radius 3 is 1.52 bits per heavy atom. The average Bonchev–Trinajstić information content (AvgIpc) is 3.12. The van der Waals surface area contributed by atoms with E-state index in [9.17, 15) is 19.5 Å². The molecule has 2 atom stereocenters. The molecule has 8 heteroatoms. The van der Waals surface area contributed by atoms with Gasteiger partial charge in [-0.15, -0.1) is 0 Å². The lowest BCUT2D eigenvalue weighted by Crippen LogP contribution is -2.50. The van der Waals surface area contributed by atoms with Crippen LogP contribution >= 0.6 is 0 Å². The van der Waals surface area contributed by atoms with Gasteiger partial charge in [0.25, 0.3) is 0 Å². The standard InChI is InChI=1S/C46H83NO7/c1-6-8-10-12-14-16-18-20-22-24-26-28-30-32-34-36-44(48)53-41-42(40-52-39-38-43(46(50)51)47(3,4)5)54-45(49)37-35-33-31-29-27-25-23-21-19-17-15-13-11-9-7-2/h9,11,13,15,17,19,42-43H,6-8,10,12,14,16,18,20-41H2,1-5H3/p+1/b11-9+,15-13+,19-17+. The first kappa shape index (κ1) is 51.5. The van der Waals surface area contributed by atoms with Crippen molar-refractivity contribution in [2.45, 2.75) is 199 Å². The zero-order valence-corrected chi connectivity index (χ0v) is 35.7. The Hall–Kier alpha value is -2.45.